The third kappa shape index (κ3) is 0.402. The summed E-state index contributed by atoms with van der Waals surface area (Å²) in [7, 11) is 0. The van der Waals surface area contributed by atoms with Crippen LogP contribution in [0.5, 0.6) is 0 Å². The Morgan fingerprint density at radius 1 is 1.88 bits per heavy atom. The Labute approximate surface area is 55.9 Å². The van der Waals surface area contributed by atoms with Gasteiger partial charge in [0.2, 0.25) is 0 Å². The van der Waals surface area contributed by atoms with Gasteiger partial charge in [-0.15, -0.1) is 0 Å². The lowest BCUT2D eigenvalue weighted by molar-refractivity contribution is 0.357. The van der Waals surface area contributed by atoms with Crippen LogP contribution in [0.3, 0.4) is 0 Å². The predicted octanol–water partition coefficient (Wildman–Crippen LogP) is 2.40. The number of allylic oxidation sites excluding steroid dienone is 2. The molecule has 2 aliphatic rings. The maximum absolute atomic E-state index is 13.0. The summed E-state index contributed by atoms with van der Waals surface area (Å²) in [5.74, 6) is 0.330. The van der Waals surface area contributed by atoms with Gasteiger partial charge < -0.3 is 0 Å². The first-order chi connectivity index (χ1) is 3.73. The van der Waals surface area contributed by atoms with Gasteiger partial charge in [0, 0.05) is 10.4 Å². The summed E-state index contributed by atoms with van der Waals surface area (Å²) in [6.07, 6.45) is 3.63. The lowest BCUT2D eigenvalue weighted by atomic mass is 10.3. The number of hydrogen-bond donors (Lipinski definition) is 0. The van der Waals surface area contributed by atoms with Gasteiger partial charge in [-0.25, -0.2) is 4.39 Å². The Morgan fingerprint density at radius 3 is 2.75 bits per heavy atom. The van der Waals surface area contributed by atoms with Crippen LogP contribution in [0, 0.1) is 5.92 Å². The van der Waals surface area contributed by atoms with Gasteiger partial charge in [0.05, 0.1) is 0 Å². The SMILES string of the molecule is FC12CC1CC=C2Br. The number of alkyl halides is 1. The molecule has 0 aliphatic heterocycles. The summed E-state index contributed by atoms with van der Waals surface area (Å²) < 4.78 is 13.8. The zero-order valence-electron chi connectivity index (χ0n) is 4.32. The Kier molecular flexibility index (Phi) is 0.733. The van der Waals surface area contributed by atoms with Crippen molar-refractivity contribution >= 4 is 15.9 Å². The summed E-state index contributed by atoms with van der Waals surface area (Å²) in [4.78, 5) is 0. The van der Waals surface area contributed by atoms with Crippen LogP contribution in [-0.4, -0.2) is 5.67 Å². The van der Waals surface area contributed by atoms with Crippen LogP contribution in [0.1, 0.15) is 12.8 Å². The fraction of sp³-hybridized carbons (Fsp3) is 0.667. The van der Waals surface area contributed by atoms with Crippen molar-refractivity contribution in [2.75, 3.05) is 0 Å². The Morgan fingerprint density at radius 2 is 2.62 bits per heavy atom. The van der Waals surface area contributed by atoms with Crippen LogP contribution in [0.25, 0.3) is 0 Å². The second-order valence-corrected chi connectivity index (χ2v) is 3.41. The monoisotopic (exact) mass is 176 g/mol. The van der Waals surface area contributed by atoms with Crippen molar-refractivity contribution in [3.05, 3.63) is 10.6 Å². The van der Waals surface area contributed by atoms with Crippen LogP contribution >= 0.6 is 15.9 Å². The number of fused-ring (bicyclic) bond motifs is 1. The van der Waals surface area contributed by atoms with E-state index in [1.165, 1.54) is 0 Å². The highest BCUT2D eigenvalue weighted by atomic mass is 79.9. The molecule has 0 amide bonds. The molecule has 2 atom stereocenters. The average Bonchev–Trinajstić information content (AvgIpc) is 2.31. The summed E-state index contributed by atoms with van der Waals surface area (Å²) in [5, 5.41) is 0. The van der Waals surface area contributed by atoms with E-state index >= 15 is 0 Å². The van der Waals surface area contributed by atoms with Crippen LogP contribution in [-0.2, 0) is 0 Å². The van der Waals surface area contributed by atoms with E-state index in [1.54, 1.807) is 0 Å². The highest BCUT2D eigenvalue weighted by Crippen LogP contribution is 2.60. The fourth-order valence-corrected chi connectivity index (χ4v) is 1.95. The molecule has 1 fully saturated rings. The van der Waals surface area contributed by atoms with Gasteiger partial charge in [0.25, 0.3) is 0 Å². The minimum absolute atomic E-state index is 0.330. The Balaban J connectivity index is 2.34. The van der Waals surface area contributed by atoms with E-state index in [9.17, 15) is 4.39 Å². The number of halogens is 2. The molecule has 0 radical (unpaired) electrons. The van der Waals surface area contributed by atoms with Crippen molar-refractivity contribution in [1.29, 1.82) is 0 Å². The van der Waals surface area contributed by atoms with E-state index < -0.39 is 5.67 Å². The van der Waals surface area contributed by atoms with Crippen molar-refractivity contribution in [1.82, 2.24) is 0 Å². The van der Waals surface area contributed by atoms with Crippen LogP contribution < -0.4 is 0 Å². The summed E-state index contributed by atoms with van der Waals surface area (Å²) in [6.45, 7) is 0. The van der Waals surface area contributed by atoms with Gasteiger partial charge in [0.15, 0.2) is 0 Å². The molecule has 0 aromatic heterocycles. The van der Waals surface area contributed by atoms with Crippen molar-refractivity contribution in [3.8, 4) is 0 Å². The minimum atomic E-state index is -0.903. The third-order valence-electron chi connectivity index (χ3n) is 2.01. The summed E-state index contributed by atoms with van der Waals surface area (Å²) in [6, 6.07) is 0. The molecule has 0 spiro atoms. The second-order valence-electron chi connectivity index (χ2n) is 2.55. The van der Waals surface area contributed by atoms with Crippen LogP contribution in [0.15, 0.2) is 10.6 Å². The van der Waals surface area contributed by atoms with Gasteiger partial charge in [-0.1, -0.05) is 22.0 Å². The quantitative estimate of drug-likeness (QED) is 0.532. The van der Waals surface area contributed by atoms with Crippen LogP contribution in [0.4, 0.5) is 4.39 Å². The largest absolute Gasteiger partial charge is 0.238 e. The number of rotatable bonds is 0. The van der Waals surface area contributed by atoms with E-state index in [4.69, 9.17) is 0 Å². The molecule has 2 heteroatoms. The van der Waals surface area contributed by atoms with E-state index in [-0.39, 0.29) is 0 Å². The third-order valence-corrected chi connectivity index (χ3v) is 2.99. The number of hydrogen-bond acceptors (Lipinski definition) is 0. The maximum atomic E-state index is 13.0. The Hall–Kier alpha value is 0.150. The molecule has 0 bridgehead atoms. The second kappa shape index (κ2) is 1.18. The van der Waals surface area contributed by atoms with E-state index in [1.807, 2.05) is 6.08 Å². The summed E-state index contributed by atoms with van der Waals surface area (Å²) in [5.41, 5.74) is -0.903. The standard InChI is InChI=1S/C6H6BrF/c7-5-2-1-4-3-6(4,5)8/h2,4H,1,3H2. The van der Waals surface area contributed by atoms with Crippen molar-refractivity contribution < 1.29 is 4.39 Å². The molecule has 44 valence electrons. The van der Waals surface area contributed by atoms with E-state index in [0.29, 0.717) is 5.92 Å². The van der Waals surface area contributed by atoms with E-state index in [2.05, 4.69) is 15.9 Å². The highest BCUT2D eigenvalue weighted by molar-refractivity contribution is 9.11. The molecular weight excluding hydrogens is 171 g/mol. The minimum Gasteiger partial charge on any atom is -0.238 e. The lowest BCUT2D eigenvalue weighted by Crippen LogP contribution is -1.96. The average molecular weight is 177 g/mol. The lowest BCUT2D eigenvalue weighted by Gasteiger charge is -1.95. The molecule has 1 saturated carbocycles. The molecule has 0 aromatic carbocycles. The van der Waals surface area contributed by atoms with Crippen molar-refractivity contribution in [2.24, 2.45) is 5.92 Å². The first-order valence-electron chi connectivity index (χ1n) is 2.78. The first kappa shape index (κ1) is 4.98. The molecule has 2 aliphatic carbocycles. The van der Waals surface area contributed by atoms with Gasteiger partial charge in [-0.3, -0.25) is 0 Å². The van der Waals surface area contributed by atoms with Gasteiger partial charge in [0.1, 0.15) is 5.67 Å². The normalized spacial score (nSPS) is 50.8. The van der Waals surface area contributed by atoms with Gasteiger partial charge in [-0.05, 0) is 12.8 Å². The fourth-order valence-electron chi connectivity index (χ4n) is 1.28. The van der Waals surface area contributed by atoms with Crippen molar-refractivity contribution in [3.63, 3.8) is 0 Å². The highest BCUT2D eigenvalue weighted by Gasteiger charge is 2.59. The molecular formula is C6H6BrF. The Bertz CT molecular complexity index is 164. The van der Waals surface area contributed by atoms with Crippen LogP contribution in [0.2, 0.25) is 0 Å². The van der Waals surface area contributed by atoms with E-state index in [0.717, 1.165) is 17.3 Å². The molecule has 0 heterocycles. The molecule has 2 rings (SSSR count). The van der Waals surface area contributed by atoms with Gasteiger partial charge >= 0.3 is 0 Å². The maximum Gasteiger partial charge on any atom is 0.145 e. The predicted molar refractivity (Wildman–Crippen MR) is 33.6 cm³/mol. The van der Waals surface area contributed by atoms with Gasteiger partial charge in [-0.2, -0.15) is 0 Å². The summed E-state index contributed by atoms with van der Waals surface area (Å²) >= 11 is 3.19. The molecule has 0 aromatic rings. The zero-order chi connectivity index (χ0) is 5.78. The molecule has 0 nitrogen and oxygen atoms in total. The topological polar surface area (TPSA) is 0 Å². The van der Waals surface area contributed by atoms with Crippen molar-refractivity contribution in [2.45, 2.75) is 18.5 Å². The molecule has 0 saturated heterocycles. The zero-order valence-corrected chi connectivity index (χ0v) is 5.91. The molecule has 2 unspecified atom stereocenters. The first-order valence-corrected chi connectivity index (χ1v) is 3.58. The molecule has 0 N–H and O–H groups in total. The molecule has 8 heavy (non-hydrogen) atoms. The smallest absolute Gasteiger partial charge is 0.145 e.